The molecule has 19 heavy (non-hydrogen) atoms. The molecule has 4 nitrogen and oxygen atoms in total. The van der Waals surface area contributed by atoms with Gasteiger partial charge in [0, 0.05) is 6.08 Å². The molecule has 0 spiro atoms. The van der Waals surface area contributed by atoms with Crippen LogP contribution in [0.5, 0.6) is 5.75 Å². The fourth-order valence-electron chi connectivity index (χ4n) is 1.30. The monoisotopic (exact) mass is 450 g/mol. The van der Waals surface area contributed by atoms with E-state index in [0.717, 1.165) is 11.3 Å². The molecule has 0 amide bonds. The summed E-state index contributed by atoms with van der Waals surface area (Å²) in [5.74, 6) is 1.63. The molecule has 7 heteroatoms. The maximum absolute atomic E-state index is 5.44. The van der Waals surface area contributed by atoms with Gasteiger partial charge >= 0.3 is 0 Å². The van der Waals surface area contributed by atoms with E-state index in [9.17, 15) is 0 Å². The Kier molecular flexibility index (Phi) is 4.81. The second kappa shape index (κ2) is 6.19. The summed E-state index contributed by atoms with van der Waals surface area (Å²) in [7, 11) is 1.64. The summed E-state index contributed by atoms with van der Waals surface area (Å²) in [6.45, 7) is 0. The Morgan fingerprint density at radius 3 is 2.32 bits per heavy atom. The van der Waals surface area contributed by atoms with Crippen molar-refractivity contribution in [3.05, 3.63) is 41.6 Å². The molecule has 0 bridgehead atoms. The van der Waals surface area contributed by atoms with Crippen LogP contribution in [0.25, 0.3) is 12.2 Å². The van der Waals surface area contributed by atoms with Gasteiger partial charge in [-0.25, -0.2) is 0 Å². The second-order valence-corrected chi connectivity index (χ2v) is 10.3. The fourth-order valence-corrected chi connectivity index (χ4v) is 1.78. The van der Waals surface area contributed by atoms with Gasteiger partial charge < -0.3 is 9.15 Å². The molecular weight excluding hydrogens is 444 g/mol. The van der Waals surface area contributed by atoms with Gasteiger partial charge in [0.1, 0.15) is 5.75 Å². The number of hydrogen-bond acceptors (Lipinski definition) is 4. The molecule has 1 heterocycles. The van der Waals surface area contributed by atoms with Crippen molar-refractivity contribution in [1.29, 1.82) is 0 Å². The maximum atomic E-state index is 5.44. The quantitative estimate of drug-likeness (QED) is 0.641. The van der Waals surface area contributed by atoms with Crippen LogP contribution < -0.4 is 4.74 Å². The zero-order valence-corrected chi connectivity index (χ0v) is 14.6. The first-order chi connectivity index (χ1) is 8.99. The van der Waals surface area contributed by atoms with E-state index in [2.05, 4.69) is 58.0 Å². The highest BCUT2D eigenvalue weighted by molar-refractivity contribution is 9.38. The molecule has 0 saturated carbocycles. The number of halogens is 3. The Morgan fingerprint density at radius 2 is 1.79 bits per heavy atom. The van der Waals surface area contributed by atoms with E-state index in [1.165, 1.54) is 0 Å². The summed E-state index contributed by atoms with van der Waals surface area (Å²) in [4.78, 5) is 0. The van der Waals surface area contributed by atoms with Crippen LogP contribution in [0.2, 0.25) is 0 Å². The molecule has 0 aliphatic carbocycles. The lowest BCUT2D eigenvalue weighted by Gasteiger charge is -2.03. The highest BCUT2D eigenvalue weighted by atomic mass is 80.0. The van der Waals surface area contributed by atoms with Crippen molar-refractivity contribution in [3.63, 3.8) is 0 Å². The minimum atomic E-state index is -0.688. The van der Waals surface area contributed by atoms with Crippen LogP contribution in [-0.2, 0) is 2.14 Å². The predicted octanol–water partition coefficient (Wildman–Crippen LogP) is 4.54. The van der Waals surface area contributed by atoms with Crippen LogP contribution in [0.15, 0.2) is 28.7 Å². The number of aromatic nitrogens is 2. The minimum Gasteiger partial charge on any atom is -0.497 e. The van der Waals surface area contributed by atoms with Gasteiger partial charge in [-0.05, 0) is 71.6 Å². The number of ether oxygens (including phenoxy) is 1. The Bertz CT molecular complexity index is 573. The molecule has 0 saturated heterocycles. The van der Waals surface area contributed by atoms with Gasteiger partial charge in [0.25, 0.3) is 5.89 Å². The third-order valence-corrected chi connectivity index (χ3v) is 3.23. The standard InChI is InChI=1S/C12H9Br3N2O2/c1-18-9-5-2-8(3-6-9)4-7-10-16-17-11(19-10)12(13,14)15/h2-7H,1H3/b7-4+. The summed E-state index contributed by atoms with van der Waals surface area (Å²) < 4.78 is 9.84. The van der Waals surface area contributed by atoms with Crippen molar-refractivity contribution in [1.82, 2.24) is 10.2 Å². The first-order valence-electron chi connectivity index (χ1n) is 5.22. The lowest BCUT2D eigenvalue weighted by atomic mass is 10.2. The average molecular weight is 453 g/mol. The molecule has 0 fully saturated rings. The first kappa shape index (κ1) is 14.7. The number of alkyl halides is 3. The van der Waals surface area contributed by atoms with Crippen LogP contribution in [0, 0.1) is 0 Å². The van der Waals surface area contributed by atoms with Crippen LogP contribution in [0.3, 0.4) is 0 Å². The number of benzene rings is 1. The molecule has 100 valence electrons. The van der Waals surface area contributed by atoms with Crippen molar-refractivity contribution < 1.29 is 9.15 Å². The van der Waals surface area contributed by atoms with Crippen molar-refractivity contribution in [3.8, 4) is 5.75 Å². The van der Waals surface area contributed by atoms with Crippen molar-refractivity contribution in [2.45, 2.75) is 2.14 Å². The van der Waals surface area contributed by atoms with Gasteiger partial charge in [-0.15, -0.1) is 10.2 Å². The first-order valence-corrected chi connectivity index (χ1v) is 7.60. The minimum absolute atomic E-state index is 0.391. The number of nitrogens with zero attached hydrogens (tertiary/aromatic N) is 2. The van der Waals surface area contributed by atoms with E-state index in [0.29, 0.717) is 11.8 Å². The van der Waals surface area contributed by atoms with Crippen molar-refractivity contribution in [2.75, 3.05) is 7.11 Å². The number of hydrogen-bond donors (Lipinski definition) is 0. The van der Waals surface area contributed by atoms with Gasteiger partial charge in [-0.1, -0.05) is 12.1 Å². The van der Waals surface area contributed by atoms with Crippen molar-refractivity contribution in [2.24, 2.45) is 0 Å². The number of methoxy groups -OCH3 is 1. The molecule has 0 unspecified atom stereocenters. The molecule has 0 N–H and O–H groups in total. The Morgan fingerprint density at radius 1 is 1.11 bits per heavy atom. The van der Waals surface area contributed by atoms with E-state index in [1.54, 1.807) is 13.2 Å². The fraction of sp³-hybridized carbons (Fsp3) is 0.167. The topological polar surface area (TPSA) is 48.2 Å². The highest BCUT2D eigenvalue weighted by Gasteiger charge is 2.27. The molecule has 1 aromatic heterocycles. The third-order valence-electron chi connectivity index (χ3n) is 2.22. The zero-order chi connectivity index (χ0) is 13.9. The van der Waals surface area contributed by atoms with Gasteiger partial charge in [-0.2, -0.15) is 0 Å². The summed E-state index contributed by atoms with van der Waals surface area (Å²) in [5, 5.41) is 7.81. The zero-order valence-electron chi connectivity index (χ0n) is 9.81. The van der Waals surface area contributed by atoms with E-state index in [4.69, 9.17) is 9.15 Å². The maximum Gasteiger partial charge on any atom is 0.255 e. The van der Waals surface area contributed by atoms with Crippen LogP contribution >= 0.6 is 47.8 Å². The molecule has 2 aromatic rings. The van der Waals surface area contributed by atoms with E-state index >= 15 is 0 Å². The summed E-state index contributed by atoms with van der Waals surface area (Å²) in [6.07, 6.45) is 3.63. The lowest BCUT2D eigenvalue weighted by molar-refractivity contribution is 0.415. The van der Waals surface area contributed by atoms with Gasteiger partial charge in [-0.3, -0.25) is 0 Å². The van der Waals surface area contributed by atoms with E-state index in [-0.39, 0.29) is 0 Å². The molecule has 0 radical (unpaired) electrons. The molecule has 0 atom stereocenters. The lowest BCUT2D eigenvalue weighted by Crippen LogP contribution is -1.97. The Labute approximate surface area is 135 Å². The largest absolute Gasteiger partial charge is 0.497 e. The van der Waals surface area contributed by atoms with Crippen molar-refractivity contribution >= 4 is 59.9 Å². The smallest absolute Gasteiger partial charge is 0.255 e. The molecule has 0 aliphatic rings. The normalized spacial score (nSPS) is 12.0. The summed E-state index contributed by atoms with van der Waals surface area (Å²) in [6, 6.07) is 7.66. The highest BCUT2D eigenvalue weighted by Crippen LogP contribution is 2.43. The number of rotatable bonds is 3. The van der Waals surface area contributed by atoms with Gasteiger partial charge in [0.2, 0.25) is 8.03 Å². The predicted molar refractivity (Wildman–Crippen MR) is 84.7 cm³/mol. The summed E-state index contributed by atoms with van der Waals surface area (Å²) >= 11 is 9.93. The Balaban J connectivity index is 2.11. The molecule has 0 aliphatic heterocycles. The van der Waals surface area contributed by atoms with Gasteiger partial charge in [0.05, 0.1) is 7.11 Å². The molecular formula is C12H9Br3N2O2. The second-order valence-electron chi connectivity index (χ2n) is 3.55. The Hall–Kier alpha value is -0.660. The SMILES string of the molecule is COc1ccc(/C=C/c2nnc(C(Br)(Br)Br)o2)cc1. The van der Waals surface area contributed by atoms with Crippen LogP contribution in [-0.4, -0.2) is 17.3 Å². The van der Waals surface area contributed by atoms with Crippen LogP contribution in [0.4, 0.5) is 0 Å². The molecule has 2 rings (SSSR count). The third kappa shape index (κ3) is 4.15. The van der Waals surface area contributed by atoms with Gasteiger partial charge in [0.15, 0.2) is 0 Å². The van der Waals surface area contributed by atoms with E-state index in [1.807, 2.05) is 30.3 Å². The van der Waals surface area contributed by atoms with Crippen LogP contribution in [0.1, 0.15) is 17.3 Å². The summed E-state index contributed by atoms with van der Waals surface area (Å²) in [5.41, 5.74) is 1.02. The van der Waals surface area contributed by atoms with E-state index < -0.39 is 2.14 Å². The molecule has 1 aromatic carbocycles. The average Bonchev–Trinajstić information content (AvgIpc) is 2.86.